The van der Waals surface area contributed by atoms with Crippen LogP contribution in [-0.2, 0) is 22.6 Å². The minimum atomic E-state index is -0.652. The number of hydrogen-bond acceptors (Lipinski definition) is 5. The summed E-state index contributed by atoms with van der Waals surface area (Å²) < 4.78 is 5.93. The van der Waals surface area contributed by atoms with Crippen molar-refractivity contribution in [3.8, 4) is 5.75 Å². The first-order valence-corrected chi connectivity index (χ1v) is 13.1. The zero-order valence-electron chi connectivity index (χ0n) is 22.6. The first-order valence-electron chi connectivity index (χ1n) is 13.1. The molecule has 0 aliphatic carbocycles. The lowest BCUT2D eigenvalue weighted by atomic mass is 9.93. The quantitative estimate of drug-likeness (QED) is 0.220. The van der Waals surface area contributed by atoms with Gasteiger partial charge in [0.2, 0.25) is 0 Å². The molecule has 0 saturated carbocycles. The number of hydrogen-bond donors (Lipinski definition) is 1. The van der Waals surface area contributed by atoms with Gasteiger partial charge >= 0.3 is 0 Å². The molecule has 1 aliphatic heterocycles. The summed E-state index contributed by atoms with van der Waals surface area (Å²) in [6.45, 7) is 5.58. The van der Waals surface area contributed by atoms with Crippen molar-refractivity contribution in [3.63, 3.8) is 0 Å². The predicted molar refractivity (Wildman–Crippen MR) is 150 cm³/mol. The van der Waals surface area contributed by atoms with Gasteiger partial charge in [0, 0.05) is 12.1 Å². The molecule has 0 aromatic heterocycles. The normalized spacial score (nSPS) is 16.9. The Labute approximate surface area is 225 Å². The number of carbonyl (C=O) groups is 2. The van der Waals surface area contributed by atoms with Crippen LogP contribution < -0.4 is 4.74 Å². The zero-order chi connectivity index (χ0) is 27.2. The van der Waals surface area contributed by atoms with Crippen molar-refractivity contribution < 1.29 is 19.4 Å². The van der Waals surface area contributed by atoms with E-state index in [1.165, 1.54) is 5.56 Å². The maximum absolute atomic E-state index is 13.3. The molecule has 3 aromatic rings. The molecule has 6 nitrogen and oxygen atoms in total. The van der Waals surface area contributed by atoms with Gasteiger partial charge in [0.15, 0.2) is 0 Å². The summed E-state index contributed by atoms with van der Waals surface area (Å²) in [5, 5.41) is 11.5. The number of nitrogens with zero attached hydrogens (tertiary/aromatic N) is 2. The summed E-state index contributed by atoms with van der Waals surface area (Å²) in [5.41, 5.74) is 4.43. The zero-order valence-corrected chi connectivity index (χ0v) is 22.6. The maximum atomic E-state index is 13.3. The van der Waals surface area contributed by atoms with Crippen molar-refractivity contribution in [2.75, 3.05) is 27.2 Å². The standard InChI is InChI=1S/C32H36N2O4/c1-5-23-12-14-25(15-13-23)29-28(31(36)32(37)34(29)19-9-18-33(3)4)30(35)27-17-16-26(20-22(27)2)38-21-24-10-7-6-8-11-24/h6-8,10-17,20,29,35H,5,9,18-19,21H2,1-4H3/b30-28+/t29-/m0/s1. The van der Waals surface area contributed by atoms with Gasteiger partial charge < -0.3 is 19.6 Å². The fourth-order valence-electron chi connectivity index (χ4n) is 4.83. The molecule has 0 radical (unpaired) electrons. The molecule has 1 heterocycles. The van der Waals surface area contributed by atoms with E-state index < -0.39 is 17.7 Å². The Balaban J connectivity index is 1.68. The van der Waals surface area contributed by atoms with Crippen LogP contribution in [0.3, 0.4) is 0 Å². The Morgan fingerprint density at radius 2 is 1.68 bits per heavy atom. The first-order chi connectivity index (χ1) is 18.3. The van der Waals surface area contributed by atoms with Crippen LogP contribution in [0.25, 0.3) is 5.76 Å². The molecule has 4 rings (SSSR count). The molecule has 198 valence electrons. The van der Waals surface area contributed by atoms with Crippen molar-refractivity contribution in [1.82, 2.24) is 9.80 Å². The van der Waals surface area contributed by atoms with Gasteiger partial charge in [-0.2, -0.15) is 0 Å². The summed E-state index contributed by atoms with van der Waals surface area (Å²) >= 11 is 0. The maximum Gasteiger partial charge on any atom is 0.295 e. The van der Waals surface area contributed by atoms with Crippen molar-refractivity contribution in [2.24, 2.45) is 0 Å². The highest BCUT2D eigenvalue weighted by Crippen LogP contribution is 2.40. The molecule has 38 heavy (non-hydrogen) atoms. The van der Waals surface area contributed by atoms with Gasteiger partial charge in [-0.15, -0.1) is 0 Å². The number of aliphatic hydroxyl groups excluding tert-OH is 1. The second-order valence-corrected chi connectivity index (χ2v) is 10.00. The second-order valence-electron chi connectivity index (χ2n) is 10.00. The highest BCUT2D eigenvalue weighted by atomic mass is 16.5. The number of aryl methyl sites for hydroxylation is 2. The molecule has 0 unspecified atom stereocenters. The van der Waals surface area contributed by atoms with Crippen LogP contribution in [0, 0.1) is 6.92 Å². The van der Waals surface area contributed by atoms with E-state index in [4.69, 9.17) is 4.74 Å². The van der Waals surface area contributed by atoms with E-state index in [9.17, 15) is 14.7 Å². The molecule has 6 heteroatoms. The molecule has 0 bridgehead atoms. The summed E-state index contributed by atoms with van der Waals surface area (Å²) in [5.74, 6) is -0.718. The molecule has 1 amide bonds. The molecular weight excluding hydrogens is 476 g/mol. The fraction of sp³-hybridized carbons (Fsp3) is 0.312. The monoisotopic (exact) mass is 512 g/mol. The van der Waals surface area contributed by atoms with E-state index in [0.717, 1.165) is 36.1 Å². The van der Waals surface area contributed by atoms with Crippen LogP contribution in [0.5, 0.6) is 5.75 Å². The van der Waals surface area contributed by atoms with Crippen LogP contribution in [-0.4, -0.2) is 53.8 Å². The molecule has 1 atom stereocenters. The SMILES string of the molecule is CCc1ccc([C@H]2/C(=C(\O)c3ccc(OCc4ccccc4)cc3C)C(=O)C(=O)N2CCCN(C)C)cc1. The van der Waals surface area contributed by atoms with Gasteiger partial charge in [-0.25, -0.2) is 0 Å². The van der Waals surface area contributed by atoms with Crippen LogP contribution >= 0.6 is 0 Å². The van der Waals surface area contributed by atoms with E-state index in [1.807, 2.05) is 86.6 Å². The van der Waals surface area contributed by atoms with E-state index in [0.29, 0.717) is 24.5 Å². The van der Waals surface area contributed by atoms with Crippen molar-refractivity contribution in [1.29, 1.82) is 0 Å². The van der Waals surface area contributed by atoms with Crippen molar-refractivity contribution >= 4 is 17.4 Å². The number of rotatable bonds is 10. The Morgan fingerprint density at radius 3 is 2.32 bits per heavy atom. The van der Waals surface area contributed by atoms with Crippen LogP contribution in [0.15, 0.2) is 78.4 Å². The lowest BCUT2D eigenvalue weighted by Gasteiger charge is -2.26. The number of Topliss-reactive ketones (excluding diaryl/α,β-unsaturated/α-hetero) is 1. The number of aliphatic hydroxyl groups is 1. The summed E-state index contributed by atoms with van der Waals surface area (Å²) in [6.07, 6.45) is 1.61. The highest BCUT2D eigenvalue weighted by Gasteiger charge is 2.45. The van der Waals surface area contributed by atoms with Gasteiger partial charge in [-0.1, -0.05) is 61.5 Å². The number of ketones is 1. The average molecular weight is 513 g/mol. The number of ether oxygens (including phenoxy) is 1. The number of likely N-dealkylation sites (tertiary alicyclic amines) is 1. The van der Waals surface area contributed by atoms with E-state index in [-0.39, 0.29) is 11.3 Å². The molecule has 1 fully saturated rings. The Bertz CT molecular complexity index is 1310. The van der Waals surface area contributed by atoms with Crippen LogP contribution in [0.2, 0.25) is 0 Å². The lowest BCUT2D eigenvalue weighted by molar-refractivity contribution is -0.139. The summed E-state index contributed by atoms with van der Waals surface area (Å²) in [6, 6.07) is 22.6. The molecule has 0 spiro atoms. The molecule has 3 aromatic carbocycles. The molecule has 1 aliphatic rings. The van der Waals surface area contributed by atoms with E-state index in [2.05, 4.69) is 6.92 Å². The first kappa shape index (κ1) is 27.1. The van der Waals surface area contributed by atoms with Gasteiger partial charge in [0.25, 0.3) is 11.7 Å². The van der Waals surface area contributed by atoms with Crippen LogP contribution in [0.4, 0.5) is 0 Å². The minimum Gasteiger partial charge on any atom is -0.507 e. The third-order valence-corrected chi connectivity index (χ3v) is 6.95. The average Bonchev–Trinajstić information content (AvgIpc) is 3.17. The highest BCUT2D eigenvalue weighted by molar-refractivity contribution is 6.46. The summed E-state index contributed by atoms with van der Waals surface area (Å²) in [7, 11) is 3.95. The van der Waals surface area contributed by atoms with Crippen molar-refractivity contribution in [3.05, 3.63) is 106 Å². The van der Waals surface area contributed by atoms with Crippen LogP contribution in [0.1, 0.15) is 47.2 Å². The predicted octanol–water partition coefficient (Wildman–Crippen LogP) is 5.51. The largest absolute Gasteiger partial charge is 0.507 e. The minimum absolute atomic E-state index is 0.130. The topological polar surface area (TPSA) is 70.1 Å². The number of carbonyl (C=O) groups excluding carboxylic acids is 2. The molecular formula is C32H36N2O4. The number of amides is 1. The molecule has 1 N–H and O–H groups in total. The third kappa shape index (κ3) is 5.97. The van der Waals surface area contributed by atoms with E-state index in [1.54, 1.807) is 17.0 Å². The Kier molecular flexibility index (Phi) is 8.64. The van der Waals surface area contributed by atoms with Gasteiger partial charge in [0.05, 0.1) is 11.6 Å². The van der Waals surface area contributed by atoms with Gasteiger partial charge in [-0.3, -0.25) is 9.59 Å². The molecule has 1 saturated heterocycles. The Hall–Kier alpha value is -3.90. The number of benzene rings is 3. The fourth-order valence-corrected chi connectivity index (χ4v) is 4.83. The van der Waals surface area contributed by atoms with Crippen molar-refractivity contribution in [2.45, 2.75) is 39.3 Å². The third-order valence-electron chi connectivity index (χ3n) is 6.95. The summed E-state index contributed by atoms with van der Waals surface area (Å²) in [4.78, 5) is 30.2. The van der Waals surface area contributed by atoms with Gasteiger partial charge in [-0.05, 0) is 80.9 Å². The van der Waals surface area contributed by atoms with Gasteiger partial charge in [0.1, 0.15) is 18.1 Å². The Morgan fingerprint density at radius 1 is 0.974 bits per heavy atom. The second kappa shape index (κ2) is 12.1. The lowest BCUT2D eigenvalue weighted by Crippen LogP contribution is -2.32. The smallest absolute Gasteiger partial charge is 0.295 e. The van der Waals surface area contributed by atoms with E-state index >= 15 is 0 Å².